The highest BCUT2D eigenvalue weighted by atomic mass is 35.5. The summed E-state index contributed by atoms with van der Waals surface area (Å²) in [6, 6.07) is 12.2. The van der Waals surface area contributed by atoms with E-state index in [0.717, 1.165) is 5.56 Å². The Balaban J connectivity index is 1.96. The first kappa shape index (κ1) is 13.1. The Kier molecular flexibility index (Phi) is 4.11. The van der Waals surface area contributed by atoms with Crippen LogP contribution in [-0.2, 0) is 6.54 Å². The van der Waals surface area contributed by atoms with Gasteiger partial charge in [-0.05, 0) is 29.8 Å². The SMILES string of the molecule is N#Cc1ccc(CNC(=O)c2ccc(Cl)cn2)cc1. The first-order chi connectivity index (χ1) is 9.19. The molecule has 2 rings (SSSR count). The van der Waals surface area contributed by atoms with E-state index in [2.05, 4.69) is 10.3 Å². The molecular weight excluding hydrogens is 262 g/mol. The van der Waals surface area contributed by atoms with Crippen molar-refractivity contribution in [3.05, 3.63) is 64.4 Å². The summed E-state index contributed by atoms with van der Waals surface area (Å²) in [6.45, 7) is 0.384. The normalized spacial score (nSPS) is 9.68. The lowest BCUT2D eigenvalue weighted by Crippen LogP contribution is -2.23. The zero-order chi connectivity index (χ0) is 13.7. The van der Waals surface area contributed by atoms with Gasteiger partial charge in [0, 0.05) is 12.7 Å². The van der Waals surface area contributed by atoms with Crippen LogP contribution in [0.3, 0.4) is 0 Å². The van der Waals surface area contributed by atoms with Crippen molar-refractivity contribution in [1.29, 1.82) is 5.26 Å². The van der Waals surface area contributed by atoms with E-state index in [4.69, 9.17) is 16.9 Å². The Labute approximate surface area is 115 Å². The van der Waals surface area contributed by atoms with Gasteiger partial charge in [0.2, 0.25) is 0 Å². The minimum Gasteiger partial charge on any atom is -0.347 e. The highest BCUT2D eigenvalue weighted by Gasteiger charge is 2.06. The molecule has 0 aliphatic heterocycles. The number of nitrogens with zero attached hydrogens (tertiary/aromatic N) is 2. The van der Waals surface area contributed by atoms with Crippen molar-refractivity contribution in [2.24, 2.45) is 0 Å². The lowest BCUT2D eigenvalue weighted by molar-refractivity contribution is 0.0946. The molecule has 2 aromatic rings. The summed E-state index contributed by atoms with van der Waals surface area (Å²) < 4.78 is 0. The van der Waals surface area contributed by atoms with E-state index in [-0.39, 0.29) is 5.91 Å². The zero-order valence-electron chi connectivity index (χ0n) is 9.93. The van der Waals surface area contributed by atoms with E-state index in [0.29, 0.717) is 22.8 Å². The molecule has 0 fully saturated rings. The predicted molar refractivity (Wildman–Crippen MR) is 71.6 cm³/mol. The van der Waals surface area contributed by atoms with Crippen molar-refractivity contribution in [2.45, 2.75) is 6.54 Å². The maximum Gasteiger partial charge on any atom is 0.270 e. The van der Waals surface area contributed by atoms with E-state index in [1.54, 1.807) is 36.4 Å². The molecule has 0 saturated carbocycles. The van der Waals surface area contributed by atoms with E-state index < -0.39 is 0 Å². The van der Waals surface area contributed by atoms with Crippen LogP contribution in [0.4, 0.5) is 0 Å². The molecule has 4 nitrogen and oxygen atoms in total. The largest absolute Gasteiger partial charge is 0.347 e. The van der Waals surface area contributed by atoms with Crippen molar-refractivity contribution < 1.29 is 4.79 Å². The fraction of sp³-hybridized carbons (Fsp3) is 0.0714. The topological polar surface area (TPSA) is 65.8 Å². The lowest BCUT2D eigenvalue weighted by atomic mass is 10.1. The Bertz CT molecular complexity index is 615. The number of nitrogens with one attached hydrogen (secondary N) is 1. The van der Waals surface area contributed by atoms with Crippen LogP contribution < -0.4 is 5.32 Å². The van der Waals surface area contributed by atoms with Crippen LogP contribution in [-0.4, -0.2) is 10.9 Å². The third kappa shape index (κ3) is 3.54. The van der Waals surface area contributed by atoms with Crippen molar-refractivity contribution in [3.63, 3.8) is 0 Å². The van der Waals surface area contributed by atoms with Gasteiger partial charge < -0.3 is 5.32 Å². The van der Waals surface area contributed by atoms with Crippen molar-refractivity contribution in [1.82, 2.24) is 10.3 Å². The number of benzene rings is 1. The number of carbonyl (C=O) groups is 1. The number of halogens is 1. The Morgan fingerprint density at radius 2 is 2.00 bits per heavy atom. The van der Waals surface area contributed by atoms with Gasteiger partial charge in [-0.15, -0.1) is 0 Å². The summed E-state index contributed by atoms with van der Waals surface area (Å²) in [6.07, 6.45) is 1.43. The number of rotatable bonds is 3. The lowest BCUT2D eigenvalue weighted by Gasteiger charge is -2.05. The molecule has 0 bridgehead atoms. The van der Waals surface area contributed by atoms with Gasteiger partial charge in [0.15, 0.2) is 0 Å². The summed E-state index contributed by atoms with van der Waals surface area (Å²) in [7, 11) is 0. The summed E-state index contributed by atoms with van der Waals surface area (Å²) in [5, 5.41) is 11.9. The standard InChI is InChI=1S/C14H10ClN3O/c15-12-5-6-13(17-9-12)14(19)18-8-11-3-1-10(7-16)2-4-11/h1-6,9H,8H2,(H,18,19). The van der Waals surface area contributed by atoms with Crippen LogP contribution in [0.1, 0.15) is 21.6 Å². The number of aromatic nitrogens is 1. The molecule has 1 heterocycles. The average Bonchev–Trinajstić information content (AvgIpc) is 2.46. The number of hydrogen-bond acceptors (Lipinski definition) is 3. The summed E-state index contributed by atoms with van der Waals surface area (Å²) >= 11 is 5.70. The number of nitriles is 1. The molecule has 0 aliphatic carbocycles. The predicted octanol–water partition coefficient (Wildman–Crippen LogP) is 2.54. The first-order valence-corrected chi connectivity index (χ1v) is 5.95. The zero-order valence-corrected chi connectivity index (χ0v) is 10.7. The summed E-state index contributed by atoms with van der Waals surface area (Å²) in [5.74, 6) is -0.263. The second-order valence-corrected chi connectivity index (χ2v) is 4.29. The smallest absolute Gasteiger partial charge is 0.270 e. The highest BCUT2D eigenvalue weighted by molar-refractivity contribution is 6.30. The number of hydrogen-bond donors (Lipinski definition) is 1. The summed E-state index contributed by atoms with van der Waals surface area (Å²) in [4.78, 5) is 15.7. The van der Waals surface area contributed by atoms with Crippen LogP contribution >= 0.6 is 11.6 Å². The van der Waals surface area contributed by atoms with Crippen LogP contribution in [0.2, 0.25) is 5.02 Å². The minimum absolute atomic E-state index is 0.263. The number of amides is 1. The number of carbonyl (C=O) groups excluding carboxylic acids is 1. The maximum atomic E-state index is 11.8. The molecule has 0 saturated heterocycles. The number of pyridine rings is 1. The van der Waals surface area contributed by atoms with Gasteiger partial charge in [-0.3, -0.25) is 4.79 Å². The van der Waals surface area contributed by atoms with Crippen LogP contribution in [0.25, 0.3) is 0 Å². The Morgan fingerprint density at radius 1 is 1.26 bits per heavy atom. The Morgan fingerprint density at radius 3 is 2.58 bits per heavy atom. The minimum atomic E-state index is -0.263. The van der Waals surface area contributed by atoms with Gasteiger partial charge >= 0.3 is 0 Å². The van der Waals surface area contributed by atoms with Gasteiger partial charge in [-0.25, -0.2) is 4.98 Å². The van der Waals surface area contributed by atoms with Crippen molar-refractivity contribution in [3.8, 4) is 6.07 Å². The van der Waals surface area contributed by atoms with Crippen molar-refractivity contribution >= 4 is 17.5 Å². The fourth-order valence-corrected chi connectivity index (χ4v) is 1.59. The van der Waals surface area contributed by atoms with E-state index in [1.165, 1.54) is 6.20 Å². The van der Waals surface area contributed by atoms with Crippen LogP contribution in [0.5, 0.6) is 0 Å². The Hall–Kier alpha value is -2.38. The quantitative estimate of drug-likeness (QED) is 0.933. The van der Waals surface area contributed by atoms with Gasteiger partial charge in [-0.2, -0.15) is 5.26 Å². The van der Waals surface area contributed by atoms with Gasteiger partial charge in [0.25, 0.3) is 5.91 Å². The third-order valence-electron chi connectivity index (χ3n) is 2.50. The maximum absolute atomic E-state index is 11.8. The molecule has 0 unspecified atom stereocenters. The molecule has 1 N–H and O–H groups in total. The summed E-state index contributed by atoms with van der Waals surface area (Å²) in [5.41, 5.74) is 1.83. The average molecular weight is 272 g/mol. The molecular formula is C14H10ClN3O. The highest BCUT2D eigenvalue weighted by Crippen LogP contribution is 2.07. The molecule has 0 radical (unpaired) electrons. The van der Waals surface area contributed by atoms with Gasteiger partial charge in [-0.1, -0.05) is 23.7 Å². The molecule has 1 aromatic heterocycles. The van der Waals surface area contributed by atoms with Gasteiger partial charge in [0.05, 0.1) is 16.7 Å². The monoisotopic (exact) mass is 271 g/mol. The van der Waals surface area contributed by atoms with Crippen LogP contribution in [0, 0.1) is 11.3 Å². The molecule has 1 amide bonds. The fourth-order valence-electron chi connectivity index (χ4n) is 1.48. The molecule has 1 aromatic carbocycles. The van der Waals surface area contributed by atoms with E-state index in [1.807, 2.05) is 6.07 Å². The first-order valence-electron chi connectivity index (χ1n) is 5.58. The second kappa shape index (κ2) is 5.98. The van der Waals surface area contributed by atoms with Crippen LogP contribution in [0.15, 0.2) is 42.6 Å². The molecule has 0 atom stereocenters. The van der Waals surface area contributed by atoms with Crippen molar-refractivity contribution in [2.75, 3.05) is 0 Å². The molecule has 0 aliphatic rings. The molecule has 19 heavy (non-hydrogen) atoms. The third-order valence-corrected chi connectivity index (χ3v) is 2.72. The van der Waals surface area contributed by atoms with E-state index >= 15 is 0 Å². The molecule has 94 valence electrons. The molecule has 0 spiro atoms. The second-order valence-electron chi connectivity index (χ2n) is 3.85. The van der Waals surface area contributed by atoms with Gasteiger partial charge in [0.1, 0.15) is 5.69 Å². The molecule has 5 heteroatoms. The van der Waals surface area contributed by atoms with E-state index in [9.17, 15) is 4.79 Å².